The van der Waals surface area contributed by atoms with Gasteiger partial charge in [0.05, 0.1) is 0 Å². The first-order valence-corrected chi connectivity index (χ1v) is 8.36. The lowest BCUT2D eigenvalue weighted by atomic mass is 9.96. The Morgan fingerprint density at radius 1 is 1.38 bits per heavy atom. The molecule has 1 saturated heterocycles. The maximum atomic E-state index is 12.3. The molecule has 21 heavy (non-hydrogen) atoms. The molecule has 1 aromatic rings. The van der Waals surface area contributed by atoms with Crippen molar-refractivity contribution in [3.8, 4) is 0 Å². The van der Waals surface area contributed by atoms with Crippen LogP contribution < -0.4 is 0 Å². The SMILES string of the molecule is CC(C)(C)OC(=O)N1CCCCC1CC(=O)c1ccsc1. The van der Waals surface area contributed by atoms with Gasteiger partial charge < -0.3 is 9.64 Å². The fourth-order valence-electron chi connectivity index (χ4n) is 2.53. The Morgan fingerprint density at radius 2 is 2.14 bits per heavy atom. The van der Waals surface area contributed by atoms with E-state index in [2.05, 4.69) is 0 Å². The zero-order valence-corrected chi connectivity index (χ0v) is 13.7. The lowest BCUT2D eigenvalue weighted by molar-refractivity contribution is 0.00946. The second-order valence-electron chi connectivity index (χ2n) is 6.46. The van der Waals surface area contributed by atoms with E-state index in [1.54, 1.807) is 4.90 Å². The summed E-state index contributed by atoms with van der Waals surface area (Å²) in [6.07, 6.45) is 2.99. The molecule has 1 aliphatic heterocycles. The topological polar surface area (TPSA) is 46.6 Å². The zero-order valence-electron chi connectivity index (χ0n) is 12.9. The predicted octanol–water partition coefficient (Wildman–Crippen LogP) is 4.11. The molecule has 1 aromatic heterocycles. The van der Waals surface area contributed by atoms with E-state index in [0.717, 1.165) is 24.8 Å². The Morgan fingerprint density at radius 3 is 2.76 bits per heavy atom. The normalized spacial score (nSPS) is 19.4. The van der Waals surface area contributed by atoms with Crippen LogP contribution in [-0.4, -0.2) is 35.0 Å². The molecule has 1 fully saturated rings. The Bertz CT molecular complexity index is 490. The van der Waals surface area contributed by atoms with Crippen LogP contribution in [0.2, 0.25) is 0 Å². The molecule has 1 unspecified atom stereocenters. The van der Waals surface area contributed by atoms with Crippen LogP contribution in [0.3, 0.4) is 0 Å². The lowest BCUT2D eigenvalue weighted by Gasteiger charge is -2.36. The van der Waals surface area contributed by atoms with Crippen LogP contribution in [0.15, 0.2) is 16.8 Å². The first kappa shape index (κ1) is 16.0. The third-order valence-electron chi connectivity index (χ3n) is 3.52. The van der Waals surface area contributed by atoms with Gasteiger partial charge in [-0.1, -0.05) is 0 Å². The fourth-order valence-corrected chi connectivity index (χ4v) is 3.19. The van der Waals surface area contributed by atoms with Crippen LogP contribution in [0.1, 0.15) is 56.8 Å². The monoisotopic (exact) mass is 309 g/mol. The van der Waals surface area contributed by atoms with Gasteiger partial charge in [0, 0.05) is 30.0 Å². The van der Waals surface area contributed by atoms with Crippen molar-refractivity contribution in [3.05, 3.63) is 22.4 Å². The van der Waals surface area contributed by atoms with Crippen molar-refractivity contribution in [2.24, 2.45) is 0 Å². The number of rotatable bonds is 3. The van der Waals surface area contributed by atoms with E-state index < -0.39 is 5.60 Å². The largest absolute Gasteiger partial charge is 0.444 e. The molecule has 4 nitrogen and oxygen atoms in total. The highest BCUT2D eigenvalue weighted by Gasteiger charge is 2.31. The third kappa shape index (κ3) is 4.56. The number of piperidine rings is 1. The van der Waals surface area contributed by atoms with Gasteiger partial charge in [0.25, 0.3) is 0 Å². The molecule has 0 bridgehead atoms. The maximum Gasteiger partial charge on any atom is 0.410 e. The molecule has 0 aromatic carbocycles. The first-order valence-electron chi connectivity index (χ1n) is 7.42. The highest BCUT2D eigenvalue weighted by Crippen LogP contribution is 2.24. The number of ketones is 1. The van der Waals surface area contributed by atoms with Gasteiger partial charge in [0.1, 0.15) is 5.60 Å². The van der Waals surface area contributed by atoms with E-state index in [9.17, 15) is 9.59 Å². The minimum Gasteiger partial charge on any atom is -0.444 e. The smallest absolute Gasteiger partial charge is 0.410 e. The zero-order chi connectivity index (χ0) is 15.5. The number of carbonyl (C=O) groups excluding carboxylic acids is 2. The number of Topliss-reactive ketones (excluding diaryl/α,β-unsaturated/α-hetero) is 1. The van der Waals surface area contributed by atoms with Crippen LogP contribution in [-0.2, 0) is 4.74 Å². The number of likely N-dealkylation sites (tertiary alicyclic amines) is 1. The average Bonchev–Trinajstić information content (AvgIpc) is 2.91. The molecule has 0 N–H and O–H groups in total. The van der Waals surface area contributed by atoms with E-state index in [1.807, 2.05) is 37.6 Å². The molecule has 116 valence electrons. The van der Waals surface area contributed by atoms with Crippen molar-refractivity contribution >= 4 is 23.2 Å². The summed E-state index contributed by atoms with van der Waals surface area (Å²) in [5, 5.41) is 3.77. The minimum absolute atomic E-state index is 0.0407. The number of ether oxygens (including phenoxy) is 1. The summed E-state index contributed by atoms with van der Waals surface area (Å²) in [6.45, 7) is 6.26. The second kappa shape index (κ2) is 6.60. The fraction of sp³-hybridized carbons (Fsp3) is 0.625. The van der Waals surface area contributed by atoms with E-state index in [-0.39, 0.29) is 17.9 Å². The van der Waals surface area contributed by atoms with E-state index in [0.29, 0.717) is 13.0 Å². The number of hydrogen-bond acceptors (Lipinski definition) is 4. The number of thiophene rings is 1. The molecule has 2 heterocycles. The van der Waals surface area contributed by atoms with Crippen LogP contribution in [0, 0.1) is 0 Å². The predicted molar refractivity (Wildman–Crippen MR) is 83.8 cm³/mol. The average molecular weight is 309 g/mol. The highest BCUT2D eigenvalue weighted by molar-refractivity contribution is 7.08. The Balaban J connectivity index is 2.02. The number of amides is 1. The lowest BCUT2D eigenvalue weighted by Crippen LogP contribution is -2.46. The number of nitrogens with zero attached hydrogens (tertiary/aromatic N) is 1. The Labute approximate surface area is 130 Å². The Hall–Kier alpha value is -1.36. The summed E-state index contributed by atoms with van der Waals surface area (Å²) in [5.74, 6) is 0.108. The van der Waals surface area contributed by atoms with Gasteiger partial charge in [-0.05, 0) is 51.5 Å². The quantitative estimate of drug-likeness (QED) is 0.789. The molecule has 0 radical (unpaired) electrons. The maximum absolute atomic E-state index is 12.3. The molecule has 2 rings (SSSR count). The highest BCUT2D eigenvalue weighted by atomic mass is 32.1. The van der Waals surface area contributed by atoms with Gasteiger partial charge in [0.15, 0.2) is 5.78 Å². The van der Waals surface area contributed by atoms with Crippen molar-refractivity contribution in [3.63, 3.8) is 0 Å². The van der Waals surface area contributed by atoms with Crippen molar-refractivity contribution in [2.45, 2.75) is 58.1 Å². The Kier molecular flexibility index (Phi) is 5.04. The number of carbonyl (C=O) groups is 2. The first-order chi connectivity index (χ1) is 9.87. The van der Waals surface area contributed by atoms with Crippen molar-refractivity contribution < 1.29 is 14.3 Å². The summed E-state index contributed by atoms with van der Waals surface area (Å²) in [4.78, 5) is 26.3. The van der Waals surface area contributed by atoms with Gasteiger partial charge in [-0.3, -0.25) is 4.79 Å². The number of hydrogen-bond donors (Lipinski definition) is 0. The summed E-state index contributed by atoms with van der Waals surface area (Å²) in [7, 11) is 0. The van der Waals surface area contributed by atoms with Gasteiger partial charge in [-0.15, -0.1) is 0 Å². The van der Waals surface area contributed by atoms with Gasteiger partial charge >= 0.3 is 6.09 Å². The standard InChI is InChI=1S/C16H23NO3S/c1-16(2,3)20-15(19)17-8-5-4-6-13(17)10-14(18)12-7-9-21-11-12/h7,9,11,13H,4-6,8,10H2,1-3H3. The molecule has 0 saturated carbocycles. The molecule has 0 spiro atoms. The molecular formula is C16H23NO3S. The molecule has 5 heteroatoms. The molecule has 1 amide bonds. The van der Waals surface area contributed by atoms with Crippen LogP contribution in [0.25, 0.3) is 0 Å². The minimum atomic E-state index is -0.504. The third-order valence-corrected chi connectivity index (χ3v) is 4.20. The van der Waals surface area contributed by atoms with Gasteiger partial charge in [0.2, 0.25) is 0 Å². The van der Waals surface area contributed by atoms with Crippen LogP contribution in [0.5, 0.6) is 0 Å². The molecule has 0 aliphatic carbocycles. The summed E-state index contributed by atoms with van der Waals surface area (Å²) in [5.41, 5.74) is 0.242. The van der Waals surface area contributed by atoms with Crippen molar-refractivity contribution in [1.82, 2.24) is 4.90 Å². The van der Waals surface area contributed by atoms with Crippen LogP contribution in [0.4, 0.5) is 4.79 Å². The van der Waals surface area contributed by atoms with Gasteiger partial charge in [-0.25, -0.2) is 4.79 Å². The van der Waals surface area contributed by atoms with Crippen LogP contribution >= 0.6 is 11.3 Å². The molecule has 1 aliphatic rings. The summed E-state index contributed by atoms with van der Waals surface area (Å²) in [6, 6.07) is 1.80. The van der Waals surface area contributed by atoms with Crippen molar-refractivity contribution in [2.75, 3.05) is 6.54 Å². The second-order valence-corrected chi connectivity index (χ2v) is 7.24. The van der Waals surface area contributed by atoms with E-state index >= 15 is 0 Å². The molecule has 1 atom stereocenters. The summed E-state index contributed by atoms with van der Waals surface area (Å²) < 4.78 is 5.46. The molecular weight excluding hydrogens is 286 g/mol. The van der Waals surface area contributed by atoms with Gasteiger partial charge in [-0.2, -0.15) is 11.3 Å². The van der Waals surface area contributed by atoms with E-state index in [4.69, 9.17) is 4.74 Å². The summed E-state index contributed by atoms with van der Waals surface area (Å²) >= 11 is 1.52. The van der Waals surface area contributed by atoms with E-state index in [1.165, 1.54) is 11.3 Å². The van der Waals surface area contributed by atoms with Crippen molar-refractivity contribution in [1.29, 1.82) is 0 Å².